The molecule has 1 aliphatic rings. The van der Waals surface area contributed by atoms with Gasteiger partial charge in [0, 0.05) is 18.1 Å². The van der Waals surface area contributed by atoms with Crippen molar-refractivity contribution in [3.05, 3.63) is 47.5 Å². The number of carbonyl (C=O) groups excluding carboxylic acids is 1. The molecule has 0 saturated carbocycles. The Bertz CT molecular complexity index is 711. The van der Waals surface area contributed by atoms with Gasteiger partial charge in [0.05, 0.1) is 5.71 Å². The molecular weight excluding hydrogens is 277 g/mol. The van der Waals surface area contributed by atoms with E-state index in [-0.39, 0.29) is 6.42 Å². The van der Waals surface area contributed by atoms with E-state index in [9.17, 15) is 9.18 Å². The smallest absolute Gasteiger partial charge is 0.269 e. The molecule has 1 atom stereocenters. The molecule has 2 heterocycles. The number of nitrogens with zero attached hydrogens (tertiary/aromatic N) is 2. The lowest BCUT2D eigenvalue weighted by molar-refractivity contribution is -0.125. The summed E-state index contributed by atoms with van der Waals surface area (Å²) in [4.78, 5) is 17.1. The maximum atomic E-state index is 13.7. The Kier molecular flexibility index (Phi) is 3.39. The highest BCUT2D eigenvalue weighted by molar-refractivity contribution is 6.06. The zero-order valence-corrected chi connectivity index (χ0v) is 11.2. The fourth-order valence-electron chi connectivity index (χ4n) is 2.00. The average molecular weight is 289 g/mol. The number of amides is 1. The van der Waals surface area contributed by atoms with Gasteiger partial charge in [0.25, 0.3) is 5.91 Å². The summed E-state index contributed by atoms with van der Waals surface area (Å²) in [5.74, 6) is 0.0906. The van der Waals surface area contributed by atoms with E-state index in [0.717, 1.165) is 0 Å². The minimum absolute atomic E-state index is 0.198. The average Bonchev–Trinajstić information content (AvgIpc) is 3.09. The van der Waals surface area contributed by atoms with Crippen molar-refractivity contribution < 1.29 is 18.5 Å². The molecule has 108 valence electrons. The third-order valence-electron chi connectivity index (χ3n) is 3.03. The number of hydrogen-bond donors (Lipinski definition) is 1. The molecule has 1 aromatic heterocycles. The monoisotopic (exact) mass is 289 g/mol. The molecule has 0 aliphatic carbocycles. The highest BCUT2D eigenvalue weighted by Crippen LogP contribution is 2.20. The predicted molar refractivity (Wildman–Crippen MR) is 72.3 cm³/mol. The molecule has 1 N–H and O–H groups in total. The molecule has 0 fully saturated rings. The van der Waals surface area contributed by atoms with Gasteiger partial charge in [0.2, 0.25) is 6.10 Å². The predicted octanol–water partition coefficient (Wildman–Crippen LogP) is 2.25. The van der Waals surface area contributed by atoms with Gasteiger partial charge in [-0.3, -0.25) is 4.79 Å². The van der Waals surface area contributed by atoms with Crippen LogP contribution in [0.15, 0.2) is 40.0 Å². The lowest BCUT2D eigenvalue weighted by Gasteiger charge is -2.06. The molecule has 7 heteroatoms. The van der Waals surface area contributed by atoms with E-state index in [1.165, 1.54) is 6.07 Å². The van der Waals surface area contributed by atoms with Gasteiger partial charge in [0.1, 0.15) is 11.6 Å². The normalized spacial score (nSPS) is 17.2. The van der Waals surface area contributed by atoms with Crippen LogP contribution in [0.2, 0.25) is 0 Å². The van der Waals surface area contributed by atoms with Gasteiger partial charge in [0.15, 0.2) is 5.82 Å². The molecule has 6 nitrogen and oxygen atoms in total. The van der Waals surface area contributed by atoms with Gasteiger partial charge < -0.3 is 14.7 Å². The van der Waals surface area contributed by atoms with E-state index in [2.05, 4.69) is 15.6 Å². The second-order valence-corrected chi connectivity index (χ2v) is 4.63. The first-order valence-electron chi connectivity index (χ1n) is 6.35. The number of hydrogen-bond acceptors (Lipinski definition) is 5. The Morgan fingerprint density at radius 3 is 2.95 bits per heavy atom. The van der Waals surface area contributed by atoms with Crippen LogP contribution in [0.4, 0.5) is 10.2 Å². The van der Waals surface area contributed by atoms with Crippen molar-refractivity contribution in [1.82, 2.24) is 5.16 Å². The summed E-state index contributed by atoms with van der Waals surface area (Å²) in [7, 11) is 0. The summed E-state index contributed by atoms with van der Waals surface area (Å²) in [6.45, 7) is 1.72. The maximum absolute atomic E-state index is 13.7. The summed E-state index contributed by atoms with van der Waals surface area (Å²) >= 11 is 0. The van der Waals surface area contributed by atoms with E-state index in [4.69, 9.17) is 9.36 Å². The third-order valence-corrected chi connectivity index (χ3v) is 3.03. The number of halogens is 1. The van der Waals surface area contributed by atoms with Gasteiger partial charge in [-0.05, 0) is 13.0 Å². The van der Waals surface area contributed by atoms with Crippen LogP contribution < -0.4 is 5.32 Å². The first-order chi connectivity index (χ1) is 10.1. The van der Waals surface area contributed by atoms with Crippen molar-refractivity contribution >= 4 is 17.4 Å². The van der Waals surface area contributed by atoms with Gasteiger partial charge in [-0.2, -0.15) is 0 Å². The number of aromatic nitrogens is 1. The standard InChI is InChI=1S/C14H12FN3O3/c1-8-6-13(18-20-8)16-14(19)12-7-11(17-21-12)9-4-2-3-5-10(9)15/h2-6,12H,7H2,1H3,(H,16,18,19)/t12-/m0/s1. The topological polar surface area (TPSA) is 76.7 Å². The zero-order chi connectivity index (χ0) is 14.8. The molecule has 1 aromatic carbocycles. The van der Waals surface area contributed by atoms with Crippen LogP contribution in [-0.2, 0) is 9.63 Å². The van der Waals surface area contributed by atoms with E-state index in [0.29, 0.717) is 22.9 Å². The first kappa shape index (κ1) is 13.3. The maximum Gasteiger partial charge on any atom is 0.269 e. The van der Waals surface area contributed by atoms with Crippen molar-refractivity contribution in [2.24, 2.45) is 5.16 Å². The van der Waals surface area contributed by atoms with Crippen molar-refractivity contribution in [2.75, 3.05) is 5.32 Å². The highest BCUT2D eigenvalue weighted by Gasteiger charge is 2.30. The summed E-state index contributed by atoms with van der Waals surface area (Å²) < 4.78 is 18.5. The number of nitrogens with one attached hydrogen (secondary N) is 1. The van der Waals surface area contributed by atoms with Gasteiger partial charge >= 0.3 is 0 Å². The number of anilines is 1. The van der Waals surface area contributed by atoms with Crippen LogP contribution in [0.5, 0.6) is 0 Å². The second-order valence-electron chi connectivity index (χ2n) is 4.63. The van der Waals surface area contributed by atoms with Crippen molar-refractivity contribution in [1.29, 1.82) is 0 Å². The number of benzene rings is 1. The van der Waals surface area contributed by atoms with Crippen LogP contribution in [0.3, 0.4) is 0 Å². The van der Waals surface area contributed by atoms with Crippen LogP contribution in [0, 0.1) is 12.7 Å². The zero-order valence-electron chi connectivity index (χ0n) is 11.2. The fraction of sp³-hybridized carbons (Fsp3) is 0.214. The Balaban J connectivity index is 1.66. The number of oxime groups is 1. The van der Waals surface area contributed by atoms with Crippen LogP contribution in [0.25, 0.3) is 0 Å². The lowest BCUT2D eigenvalue weighted by atomic mass is 10.0. The molecule has 0 radical (unpaired) electrons. The summed E-state index contributed by atoms with van der Waals surface area (Å²) in [5, 5.41) is 10.0. The van der Waals surface area contributed by atoms with Crippen LogP contribution in [-0.4, -0.2) is 22.9 Å². The molecule has 0 bridgehead atoms. The van der Waals surface area contributed by atoms with Crippen molar-refractivity contribution in [3.63, 3.8) is 0 Å². The van der Waals surface area contributed by atoms with E-state index < -0.39 is 17.8 Å². The van der Waals surface area contributed by atoms with E-state index in [1.807, 2.05) is 0 Å². The Hall–Kier alpha value is -2.70. The van der Waals surface area contributed by atoms with Gasteiger partial charge in [-0.25, -0.2) is 4.39 Å². The molecule has 1 amide bonds. The first-order valence-corrected chi connectivity index (χ1v) is 6.35. The summed E-state index contributed by atoms with van der Waals surface area (Å²) in [5.41, 5.74) is 0.745. The molecule has 21 heavy (non-hydrogen) atoms. The third kappa shape index (κ3) is 2.76. The SMILES string of the molecule is Cc1cc(NC(=O)[C@@H]2CC(c3ccccc3F)=NO2)no1. The second kappa shape index (κ2) is 5.35. The van der Waals surface area contributed by atoms with Crippen molar-refractivity contribution in [3.8, 4) is 0 Å². The minimum Gasteiger partial charge on any atom is -0.382 e. The van der Waals surface area contributed by atoms with Crippen LogP contribution in [0.1, 0.15) is 17.7 Å². The summed E-state index contributed by atoms with van der Waals surface area (Å²) in [6.07, 6.45) is -0.611. The number of aryl methyl sites for hydroxylation is 1. The highest BCUT2D eigenvalue weighted by atomic mass is 19.1. The summed E-state index contributed by atoms with van der Waals surface area (Å²) in [6, 6.07) is 7.81. The molecule has 3 rings (SSSR count). The van der Waals surface area contributed by atoms with Crippen LogP contribution >= 0.6 is 0 Å². The molecule has 0 spiro atoms. The largest absolute Gasteiger partial charge is 0.382 e. The Morgan fingerprint density at radius 2 is 2.24 bits per heavy atom. The Morgan fingerprint density at radius 1 is 1.43 bits per heavy atom. The molecule has 1 aliphatic heterocycles. The Labute approximate surface area is 119 Å². The molecule has 0 saturated heterocycles. The van der Waals surface area contributed by atoms with E-state index >= 15 is 0 Å². The minimum atomic E-state index is -0.809. The van der Waals surface area contributed by atoms with Gasteiger partial charge in [-0.1, -0.05) is 28.5 Å². The molecular formula is C14H12FN3O3. The van der Waals surface area contributed by atoms with Gasteiger partial charge in [-0.15, -0.1) is 0 Å². The number of rotatable bonds is 3. The lowest BCUT2D eigenvalue weighted by Crippen LogP contribution is -2.28. The molecule has 2 aromatic rings. The fourth-order valence-corrected chi connectivity index (χ4v) is 2.00. The number of carbonyl (C=O) groups is 1. The molecule has 0 unspecified atom stereocenters. The van der Waals surface area contributed by atoms with Crippen molar-refractivity contribution in [2.45, 2.75) is 19.4 Å². The van der Waals surface area contributed by atoms with E-state index in [1.54, 1.807) is 31.2 Å². The quantitative estimate of drug-likeness (QED) is 0.940.